The Morgan fingerprint density at radius 3 is 1.25 bits per heavy atom. The van der Waals surface area contributed by atoms with E-state index in [0.29, 0.717) is 0 Å². The summed E-state index contributed by atoms with van der Waals surface area (Å²) in [5, 5.41) is 0. The van der Waals surface area contributed by atoms with Crippen molar-refractivity contribution in [3.63, 3.8) is 0 Å². The average molecular weight is 406 g/mol. The van der Waals surface area contributed by atoms with E-state index in [2.05, 4.69) is 36.7 Å². The molecule has 100 valence electrons. The molecule has 0 aromatic heterocycles. The number of hydrogen-bond donors (Lipinski definition) is 0. The van der Waals surface area contributed by atoms with Gasteiger partial charge in [0.2, 0.25) is 0 Å². The minimum Gasteiger partial charge on any atom is -1.00 e. The highest BCUT2D eigenvalue weighted by molar-refractivity contribution is 9.09. The molecule has 16 heavy (non-hydrogen) atoms. The molecule has 0 aliphatic heterocycles. The van der Waals surface area contributed by atoms with Gasteiger partial charge in [0.05, 0.1) is 19.6 Å². The summed E-state index contributed by atoms with van der Waals surface area (Å²) < 4.78 is 1.30. The van der Waals surface area contributed by atoms with Crippen molar-refractivity contribution >= 4 is 15.9 Å². The number of quaternary nitrogens is 1. The summed E-state index contributed by atoms with van der Waals surface area (Å²) in [7, 11) is 0. The molecule has 0 aliphatic carbocycles. The smallest absolute Gasteiger partial charge is 0.134 e. The zero-order chi connectivity index (χ0) is 11.6. The Bertz CT molecular complexity index is 120. The lowest BCUT2D eigenvalue weighted by Crippen LogP contribution is -3.00. The first-order chi connectivity index (χ1) is 7.24. The third-order valence-electron chi connectivity index (χ3n) is 3.21. The molecule has 0 saturated heterocycles. The van der Waals surface area contributed by atoms with Gasteiger partial charge in [0.25, 0.3) is 0 Å². The summed E-state index contributed by atoms with van der Waals surface area (Å²) in [6, 6.07) is 0. The zero-order valence-corrected chi connectivity index (χ0v) is 15.0. The van der Waals surface area contributed by atoms with Crippen LogP contribution in [0.5, 0.6) is 0 Å². The van der Waals surface area contributed by atoms with Crippen molar-refractivity contribution in [1.82, 2.24) is 0 Å². The van der Waals surface area contributed by atoms with Crippen LogP contribution < -0.4 is 24.0 Å². The van der Waals surface area contributed by atoms with Crippen molar-refractivity contribution in [2.24, 2.45) is 0 Å². The second kappa shape index (κ2) is 12.6. The van der Waals surface area contributed by atoms with E-state index in [1.54, 1.807) is 0 Å². The molecule has 0 fully saturated rings. The van der Waals surface area contributed by atoms with E-state index in [1.807, 2.05) is 0 Å². The topological polar surface area (TPSA) is 0 Å². The van der Waals surface area contributed by atoms with Crippen molar-refractivity contribution < 1.29 is 28.5 Å². The van der Waals surface area contributed by atoms with Crippen LogP contribution in [0.1, 0.15) is 59.3 Å². The molecule has 0 atom stereocenters. The summed E-state index contributed by atoms with van der Waals surface area (Å²) >= 11 is 3.74. The van der Waals surface area contributed by atoms with Crippen molar-refractivity contribution in [3.05, 3.63) is 0 Å². The maximum absolute atomic E-state index is 3.74. The van der Waals surface area contributed by atoms with Crippen molar-refractivity contribution in [1.29, 1.82) is 0 Å². The van der Waals surface area contributed by atoms with Gasteiger partial charge in [0.15, 0.2) is 0 Å². The Kier molecular flexibility index (Phi) is 15.4. The monoisotopic (exact) mass is 405 g/mol. The highest BCUT2D eigenvalue weighted by atomic mass is 127. The van der Waals surface area contributed by atoms with E-state index in [-0.39, 0.29) is 24.0 Å². The molecule has 0 spiro atoms. The molecule has 0 aromatic rings. The SMILES string of the molecule is CCCC[N+](CBr)(CCCC)CCCC.[I-]. The van der Waals surface area contributed by atoms with Gasteiger partial charge in [-0.1, -0.05) is 40.0 Å². The van der Waals surface area contributed by atoms with Gasteiger partial charge in [-0.15, -0.1) is 0 Å². The molecule has 0 radical (unpaired) electrons. The lowest BCUT2D eigenvalue weighted by atomic mass is 10.2. The van der Waals surface area contributed by atoms with E-state index in [0.717, 1.165) is 5.45 Å². The van der Waals surface area contributed by atoms with Gasteiger partial charge in [0, 0.05) is 0 Å². The lowest BCUT2D eigenvalue weighted by molar-refractivity contribution is -0.915. The molecule has 0 rings (SSSR count). The second-order valence-electron chi connectivity index (χ2n) is 4.69. The van der Waals surface area contributed by atoms with E-state index in [4.69, 9.17) is 0 Å². The number of halogens is 2. The van der Waals surface area contributed by atoms with Gasteiger partial charge in [-0.25, -0.2) is 0 Å². The van der Waals surface area contributed by atoms with Crippen LogP contribution >= 0.6 is 15.9 Å². The molecular formula is C13H29BrIN. The largest absolute Gasteiger partial charge is 1.00 e. The summed E-state index contributed by atoms with van der Waals surface area (Å²) in [6.07, 6.45) is 8.10. The molecule has 0 amide bonds. The normalized spacial score (nSPS) is 11.2. The molecule has 0 unspecified atom stereocenters. The molecule has 3 heteroatoms. The predicted molar refractivity (Wildman–Crippen MR) is 73.4 cm³/mol. The van der Waals surface area contributed by atoms with E-state index >= 15 is 0 Å². The molecule has 0 heterocycles. The van der Waals surface area contributed by atoms with E-state index < -0.39 is 0 Å². The maximum Gasteiger partial charge on any atom is 0.134 e. The Balaban J connectivity index is 0. The second-order valence-corrected chi connectivity index (χ2v) is 5.19. The standard InChI is InChI=1S/C13H29BrN.HI/c1-4-7-10-15(13-14,11-8-5-2)12-9-6-3;/h4-13H2,1-3H3;1H/q+1;/p-1. The van der Waals surface area contributed by atoms with Gasteiger partial charge in [-0.3, -0.25) is 0 Å². The van der Waals surface area contributed by atoms with Crippen LogP contribution in [0.15, 0.2) is 0 Å². The number of unbranched alkanes of at least 4 members (excludes halogenated alkanes) is 3. The summed E-state index contributed by atoms with van der Waals surface area (Å²) in [6.45, 7) is 11.0. The Morgan fingerprint density at radius 1 is 0.750 bits per heavy atom. The van der Waals surface area contributed by atoms with Gasteiger partial charge in [0.1, 0.15) is 5.45 Å². The first kappa shape index (κ1) is 19.5. The quantitative estimate of drug-likeness (QED) is 0.224. The average Bonchev–Trinajstić information content (AvgIpc) is 2.29. The maximum atomic E-state index is 3.74. The van der Waals surface area contributed by atoms with Crippen LogP contribution in [0.25, 0.3) is 0 Å². The van der Waals surface area contributed by atoms with Crippen molar-refractivity contribution in [2.45, 2.75) is 59.3 Å². The lowest BCUT2D eigenvalue weighted by Gasteiger charge is -2.37. The number of rotatable bonds is 10. The van der Waals surface area contributed by atoms with E-state index in [1.165, 1.54) is 62.6 Å². The van der Waals surface area contributed by atoms with Crippen LogP contribution in [0.2, 0.25) is 0 Å². The fourth-order valence-electron chi connectivity index (χ4n) is 2.00. The van der Waals surface area contributed by atoms with Crippen LogP contribution in [0, 0.1) is 0 Å². The fraction of sp³-hybridized carbons (Fsp3) is 1.00. The highest BCUT2D eigenvalue weighted by Crippen LogP contribution is 2.16. The fourth-order valence-corrected chi connectivity index (χ4v) is 2.75. The summed E-state index contributed by atoms with van der Waals surface area (Å²) in [4.78, 5) is 0. The van der Waals surface area contributed by atoms with Crippen molar-refractivity contribution in [3.8, 4) is 0 Å². The first-order valence-electron chi connectivity index (χ1n) is 6.65. The van der Waals surface area contributed by atoms with Gasteiger partial charge < -0.3 is 28.5 Å². The third kappa shape index (κ3) is 8.29. The van der Waals surface area contributed by atoms with Crippen LogP contribution in [-0.4, -0.2) is 29.6 Å². The first-order valence-corrected chi connectivity index (χ1v) is 7.77. The minimum absolute atomic E-state index is 0. The molecular weight excluding hydrogens is 377 g/mol. The summed E-state index contributed by atoms with van der Waals surface area (Å²) in [5.41, 5.74) is 1.15. The van der Waals surface area contributed by atoms with Crippen LogP contribution in [-0.2, 0) is 0 Å². The van der Waals surface area contributed by atoms with Crippen LogP contribution in [0.3, 0.4) is 0 Å². The zero-order valence-electron chi connectivity index (χ0n) is 11.3. The number of nitrogens with zero attached hydrogens (tertiary/aromatic N) is 1. The van der Waals surface area contributed by atoms with Gasteiger partial charge in [-0.2, -0.15) is 0 Å². The van der Waals surface area contributed by atoms with Gasteiger partial charge in [-0.05, 0) is 35.2 Å². The third-order valence-corrected chi connectivity index (χ3v) is 4.28. The molecule has 0 N–H and O–H groups in total. The van der Waals surface area contributed by atoms with Gasteiger partial charge >= 0.3 is 0 Å². The van der Waals surface area contributed by atoms with Crippen LogP contribution in [0.4, 0.5) is 0 Å². The minimum atomic E-state index is 0. The summed E-state index contributed by atoms with van der Waals surface area (Å²) in [5.74, 6) is 0. The number of hydrogen-bond acceptors (Lipinski definition) is 0. The van der Waals surface area contributed by atoms with E-state index in [9.17, 15) is 0 Å². The van der Waals surface area contributed by atoms with Crippen molar-refractivity contribution in [2.75, 3.05) is 25.1 Å². The Morgan fingerprint density at radius 2 is 1.06 bits per heavy atom. The molecule has 0 bridgehead atoms. The molecule has 1 nitrogen and oxygen atoms in total. The Labute approximate surface area is 128 Å². The number of alkyl halides is 1. The molecule has 0 saturated carbocycles. The predicted octanol–water partition coefficient (Wildman–Crippen LogP) is 1.56. The highest BCUT2D eigenvalue weighted by Gasteiger charge is 2.23. The Hall–Kier alpha value is 1.17. The molecule has 0 aliphatic rings. The molecule has 0 aromatic carbocycles.